The van der Waals surface area contributed by atoms with Crippen LogP contribution in [0.2, 0.25) is 0 Å². The van der Waals surface area contributed by atoms with E-state index in [2.05, 4.69) is 10.6 Å². The first-order valence-corrected chi connectivity index (χ1v) is 6.19. The van der Waals surface area contributed by atoms with Gasteiger partial charge in [0, 0.05) is 5.56 Å². The summed E-state index contributed by atoms with van der Waals surface area (Å²) in [7, 11) is 0. The second-order valence-electron chi connectivity index (χ2n) is 4.61. The van der Waals surface area contributed by atoms with E-state index in [9.17, 15) is 14.4 Å². The van der Waals surface area contributed by atoms with E-state index in [1.54, 1.807) is 12.1 Å². The molecule has 20 heavy (non-hydrogen) atoms. The van der Waals surface area contributed by atoms with Crippen molar-refractivity contribution in [3.05, 3.63) is 34.9 Å². The summed E-state index contributed by atoms with van der Waals surface area (Å²) in [5.74, 6) is -2.04. The largest absolute Gasteiger partial charge is 0.480 e. The summed E-state index contributed by atoms with van der Waals surface area (Å²) in [5.41, 5.74) is 2.53. The fourth-order valence-electron chi connectivity index (χ4n) is 1.50. The average molecular weight is 278 g/mol. The Balaban J connectivity index is 2.53. The Bertz CT molecular complexity index is 540. The van der Waals surface area contributed by atoms with Crippen LogP contribution in [0.25, 0.3) is 0 Å². The number of amides is 2. The van der Waals surface area contributed by atoms with Crippen molar-refractivity contribution in [3.63, 3.8) is 0 Å². The molecular weight excluding hydrogens is 260 g/mol. The van der Waals surface area contributed by atoms with Crippen molar-refractivity contribution in [2.24, 2.45) is 0 Å². The van der Waals surface area contributed by atoms with Gasteiger partial charge in [-0.2, -0.15) is 0 Å². The number of carbonyl (C=O) groups is 3. The number of aryl methyl sites for hydroxylation is 2. The first-order valence-electron chi connectivity index (χ1n) is 6.19. The van der Waals surface area contributed by atoms with Crippen LogP contribution in [-0.2, 0) is 9.59 Å². The number of aliphatic carboxylic acids is 1. The fraction of sp³-hybridized carbons (Fsp3) is 0.357. The van der Waals surface area contributed by atoms with E-state index in [-0.39, 0.29) is 12.5 Å². The van der Waals surface area contributed by atoms with Gasteiger partial charge >= 0.3 is 5.97 Å². The van der Waals surface area contributed by atoms with E-state index in [0.29, 0.717) is 5.56 Å². The van der Waals surface area contributed by atoms with Crippen LogP contribution in [0.3, 0.4) is 0 Å². The lowest BCUT2D eigenvalue weighted by atomic mass is 10.1. The number of nitrogens with one attached hydrogen (secondary N) is 2. The quantitative estimate of drug-likeness (QED) is 0.736. The molecule has 1 aromatic rings. The van der Waals surface area contributed by atoms with Crippen LogP contribution < -0.4 is 10.6 Å². The third-order valence-corrected chi connectivity index (χ3v) is 2.93. The maximum Gasteiger partial charge on any atom is 0.325 e. The van der Waals surface area contributed by atoms with Crippen LogP contribution in [0.15, 0.2) is 18.2 Å². The number of carboxylic acid groups (broad SMARTS) is 1. The molecule has 0 aliphatic carbocycles. The Morgan fingerprint density at radius 1 is 1.20 bits per heavy atom. The van der Waals surface area contributed by atoms with Crippen molar-refractivity contribution >= 4 is 17.8 Å². The normalized spacial score (nSPS) is 11.6. The van der Waals surface area contributed by atoms with Crippen LogP contribution in [0, 0.1) is 13.8 Å². The summed E-state index contributed by atoms with van der Waals surface area (Å²) in [4.78, 5) is 33.8. The average Bonchev–Trinajstić information content (AvgIpc) is 2.39. The van der Waals surface area contributed by atoms with Crippen molar-refractivity contribution in [2.45, 2.75) is 26.8 Å². The molecule has 0 saturated carbocycles. The molecule has 0 aliphatic rings. The molecule has 3 N–H and O–H groups in total. The highest BCUT2D eigenvalue weighted by atomic mass is 16.4. The van der Waals surface area contributed by atoms with Crippen molar-refractivity contribution in [2.75, 3.05) is 6.54 Å². The topological polar surface area (TPSA) is 95.5 Å². The number of hydrogen-bond donors (Lipinski definition) is 3. The molecule has 1 aromatic carbocycles. The summed E-state index contributed by atoms with van der Waals surface area (Å²) in [6.45, 7) is 4.93. The van der Waals surface area contributed by atoms with Gasteiger partial charge in [0.05, 0.1) is 6.54 Å². The highest BCUT2D eigenvalue weighted by Crippen LogP contribution is 2.09. The van der Waals surface area contributed by atoms with E-state index in [1.807, 2.05) is 19.9 Å². The molecule has 1 atom stereocenters. The third kappa shape index (κ3) is 4.38. The zero-order valence-corrected chi connectivity index (χ0v) is 11.7. The van der Waals surface area contributed by atoms with E-state index >= 15 is 0 Å². The standard InChI is InChI=1S/C14H18N2O4/c1-8-4-5-11(6-9(8)2)13(18)15-7-12(17)16-10(3)14(19)20/h4-6,10H,7H2,1-3H3,(H,15,18)(H,16,17)(H,19,20). The highest BCUT2D eigenvalue weighted by molar-refractivity contribution is 5.97. The van der Waals surface area contributed by atoms with Gasteiger partial charge in [0.1, 0.15) is 6.04 Å². The minimum Gasteiger partial charge on any atom is -0.480 e. The van der Waals surface area contributed by atoms with Gasteiger partial charge in [0.15, 0.2) is 0 Å². The molecule has 1 unspecified atom stereocenters. The van der Waals surface area contributed by atoms with Gasteiger partial charge in [-0.05, 0) is 44.0 Å². The Morgan fingerprint density at radius 3 is 2.40 bits per heavy atom. The number of carboxylic acids is 1. The maximum absolute atomic E-state index is 11.8. The Labute approximate surface area is 117 Å². The van der Waals surface area contributed by atoms with Gasteiger partial charge in [-0.25, -0.2) is 0 Å². The van der Waals surface area contributed by atoms with Crippen LogP contribution in [0.1, 0.15) is 28.4 Å². The van der Waals surface area contributed by atoms with Gasteiger partial charge in [-0.15, -0.1) is 0 Å². The van der Waals surface area contributed by atoms with Crippen LogP contribution >= 0.6 is 0 Å². The maximum atomic E-state index is 11.8. The van der Waals surface area contributed by atoms with Gasteiger partial charge in [-0.3, -0.25) is 14.4 Å². The molecule has 0 fully saturated rings. The first kappa shape index (κ1) is 15.7. The monoisotopic (exact) mass is 278 g/mol. The zero-order valence-electron chi connectivity index (χ0n) is 11.7. The van der Waals surface area contributed by atoms with E-state index in [4.69, 9.17) is 5.11 Å². The Morgan fingerprint density at radius 2 is 1.85 bits per heavy atom. The minimum absolute atomic E-state index is 0.261. The van der Waals surface area contributed by atoms with Crippen molar-refractivity contribution < 1.29 is 19.5 Å². The van der Waals surface area contributed by atoms with E-state index in [0.717, 1.165) is 11.1 Å². The molecule has 2 amide bonds. The molecule has 1 rings (SSSR count). The number of rotatable bonds is 5. The van der Waals surface area contributed by atoms with Crippen LogP contribution in [0.5, 0.6) is 0 Å². The molecule has 0 spiro atoms. The van der Waals surface area contributed by atoms with Gasteiger partial charge in [-0.1, -0.05) is 6.07 Å². The summed E-state index contributed by atoms with van der Waals surface area (Å²) in [5, 5.41) is 13.3. The molecular formula is C14H18N2O4. The summed E-state index contributed by atoms with van der Waals surface area (Å²) in [6.07, 6.45) is 0. The van der Waals surface area contributed by atoms with Gasteiger partial charge in [0.25, 0.3) is 5.91 Å². The second kappa shape index (κ2) is 6.70. The molecule has 108 valence electrons. The number of hydrogen-bond acceptors (Lipinski definition) is 3. The number of carbonyl (C=O) groups excluding carboxylic acids is 2. The molecule has 6 heteroatoms. The molecule has 6 nitrogen and oxygen atoms in total. The Hall–Kier alpha value is -2.37. The fourth-order valence-corrected chi connectivity index (χ4v) is 1.50. The molecule has 0 heterocycles. The van der Waals surface area contributed by atoms with Crippen LogP contribution in [0.4, 0.5) is 0 Å². The predicted molar refractivity (Wildman–Crippen MR) is 73.5 cm³/mol. The summed E-state index contributed by atoms with van der Waals surface area (Å²) in [6, 6.07) is 4.26. The molecule has 0 aliphatic heterocycles. The molecule has 0 aromatic heterocycles. The molecule has 0 radical (unpaired) electrons. The highest BCUT2D eigenvalue weighted by Gasteiger charge is 2.14. The summed E-state index contributed by atoms with van der Waals surface area (Å²) >= 11 is 0. The third-order valence-electron chi connectivity index (χ3n) is 2.93. The minimum atomic E-state index is -1.13. The lowest BCUT2D eigenvalue weighted by Gasteiger charge is -2.10. The second-order valence-corrected chi connectivity index (χ2v) is 4.61. The van der Waals surface area contributed by atoms with E-state index in [1.165, 1.54) is 6.92 Å². The van der Waals surface area contributed by atoms with Crippen molar-refractivity contribution in [1.29, 1.82) is 0 Å². The first-order chi connectivity index (χ1) is 9.31. The van der Waals surface area contributed by atoms with Crippen molar-refractivity contribution in [1.82, 2.24) is 10.6 Å². The predicted octanol–water partition coefficient (Wildman–Crippen LogP) is 0.623. The van der Waals surface area contributed by atoms with Crippen LogP contribution in [-0.4, -0.2) is 35.5 Å². The zero-order chi connectivity index (χ0) is 15.3. The van der Waals surface area contributed by atoms with Crippen molar-refractivity contribution in [3.8, 4) is 0 Å². The lowest BCUT2D eigenvalue weighted by molar-refractivity contribution is -0.141. The number of benzene rings is 1. The van der Waals surface area contributed by atoms with Gasteiger partial charge in [0.2, 0.25) is 5.91 Å². The SMILES string of the molecule is Cc1ccc(C(=O)NCC(=O)NC(C)C(=O)O)cc1C. The molecule has 0 bridgehead atoms. The Kier molecular flexibility index (Phi) is 5.25. The van der Waals surface area contributed by atoms with E-state index < -0.39 is 17.9 Å². The summed E-state index contributed by atoms with van der Waals surface area (Å²) < 4.78 is 0. The van der Waals surface area contributed by atoms with Gasteiger partial charge < -0.3 is 15.7 Å². The smallest absolute Gasteiger partial charge is 0.325 e. The molecule has 0 saturated heterocycles. The lowest BCUT2D eigenvalue weighted by Crippen LogP contribution is -2.44.